The van der Waals surface area contributed by atoms with Crippen molar-refractivity contribution in [3.8, 4) is 5.75 Å². The number of hydrogen-bond acceptors (Lipinski definition) is 3. The molecule has 0 saturated carbocycles. The number of methoxy groups -OCH3 is 1. The van der Waals surface area contributed by atoms with Crippen LogP contribution in [-0.2, 0) is 10.0 Å². The lowest BCUT2D eigenvalue weighted by atomic mass is 10.1. The molecule has 1 N–H and O–H groups in total. The lowest BCUT2D eigenvalue weighted by Crippen LogP contribution is -2.32. The van der Waals surface area contributed by atoms with E-state index in [4.69, 9.17) is 4.74 Å². The molecule has 1 atom stereocenters. The van der Waals surface area contributed by atoms with E-state index in [0.717, 1.165) is 17.5 Å². The molecule has 0 saturated heterocycles. The van der Waals surface area contributed by atoms with Gasteiger partial charge >= 0.3 is 0 Å². The summed E-state index contributed by atoms with van der Waals surface area (Å²) in [6.07, 6.45) is 0.742. The number of nitrogens with one attached hydrogen (secondary N) is 1. The number of rotatable bonds is 5. The Labute approximate surface area is 109 Å². The van der Waals surface area contributed by atoms with E-state index in [1.54, 1.807) is 12.1 Å². The zero-order valence-corrected chi connectivity index (χ0v) is 12.4. The predicted molar refractivity (Wildman–Crippen MR) is 72.5 cm³/mol. The van der Waals surface area contributed by atoms with Gasteiger partial charge in [-0.25, -0.2) is 13.1 Å². The average Bonchev–Trinajstić information content (AvgIpc) is 2.31. The fraction of sp³-hybridized carbons (Fsp3) is 0.538. The van der Waals surface area contributed by atoms with E-state index in [-0.39, 0.29) is 10.9 Å². The molecule has 5 heteroatoms. The topological polar surface area (TPSA) is 55.4 Å². The van der Waals surface area contributed by atoms with E-state index < -0.39 is 10.0 Å². The highest BCUT2D eigenvalue weighted by molar-refractivity contribution is 7.89. The highest BCUT2D eigenvalue weighted by Gasteiger charge is 2.21. The summed E-state index contributed by atoms with van der Waals surface area (Å²) < 4.78 is 32.3. The lowest BCUT2D eigenvalue weighted by molar-refractivity contribution is 0.401. The Morgan fingerprint density at radius 1 is 1.28 bits per heavy atom. The maximum Gasteiger partial charge on any atom is 0.244 e. The number of ether oxygens (including phenoxy) is 1. The Hall–Kier alpha value is -1.07. The third kappa shape index (κ3) is 3.23. The average molecular weight is 271 g/mol. The second-order valence-electron chi connectivity index (χ2n) is 4.52. The Bertz CT molecular complexity index is 523. The fourth-order valence-electron chi connectivity index (χ4n) is 1.54. The molecule has 0 aliphatic rings. The molecule has 0 bridgehead atoms. The normalized spacial score (nSPS) is 13.4. The summed E-state index contributed by atoms with van der Waals surface area (Å²) in [6, 6.07) is 3.31. The van der Waals surface area contributed by atoms with Gasteiger partial charge in [0, 0.05) is 6.04 Å². The molecule has 0 radical (unpaired) electrons. The zero-order valence-electron chi connectivity index (χ0n) is 11.6. The fourth-order valence-corrected chi connectivity index (χ4v) is 3.11. The predicted octanol–water partition coefficient (Wildman–Crippen LogP) is 2.39. The van der Waals surface area contributed by atoms with Crippen molar-refractivity contribution < 1.29 is 13.2 Å². The second-order valence-corrected chi connectivity index (χ2v) is 6.20. The van der Waals surface area contributed by atoms with Crippen LogP contribution in [0, 0.1) is 13.8 Å². The van der Waals surface area contributed by atoms with E-state index in [1.165, 1.54) is 7.11 Å². The van der Waals surface area contributed by atoms with Crippen LogP contribution >= 0.6 is 0 Å². The van der Waals surface area contributed by atoms with Gasteiger partial charge in [0.05, 0.1) is 7.11 Å². The van der Waals surface area contributed by atoms with Gasteiger partial charge < -0.3 is 4.74 Å². The van der Waals surface area contributed by atoms with Crippen LogP contribution in [0.4, 0.5) is 0 Å². The maximum absolute atomic E-state index is 12.3. The smallest absolute Gasteiger partial charge is 0.244 e. The summed E-state index contributed by atoms with van der Waals surface area (Å²) in [6.45, 7) is 7.59. The largest absolute Gasteiger partial charge is 0.495 e. The standard InChI is InChI=1S/C13H21NO3S/c1-6-11(4)14-18(15,16)13-8-10(3)9(2)7-12(13)17-5/h7-8,11,14H,6H2,1-5H3/t11-/m1/s1. The molecule has 0 amide bonds. The lowest BCUT2D eigenvalue weighted by Gasteiger charge is -2.16. The Morgan fingerprint density at radius 3 is 2.33 bits per heavy atom. The minimum atomic E-state index is -3.53. The van der Waals surface area contributed by atoms with Crippen LogP contribution in [-0.4, -0.2) is 21.6 Å². The van der Waals surface area contributed by atoms with Crippen LogP contribution in [0.2, 0.25) is 0 Å². The first kappa shape index (κ1) is 15.0. The van der Waals surface area contributed by atoms with Crippen LogP contribution in [0.15, 0.2) is 17.0 Å². The van der Waals surface area contributed by atoms with Crippen molar-refractivity contribution in [3.63, 3.8) is 0 Å². The van der Waals surface area contributed by atoms with Gasteiger partial charge in [0.15, 0.2) is 0 Å². The third-order valence-corrected chi connectivity index (χ3v) is 4.65. The maximum atomic E-state index is 12.3. The third-order valence-electron chi connectivity index (χ3n) is 3.04. The highest BCUT2D eigenvalue weighted by atomic mass is 32.2. The molecule has 0 aliphatic heterocycles. The molecule has 0 aromatic heterocycles. The minimum Gasteiger partial charge on any atom is -0.495 e. The summed E-state index contributed by atoms with van der Waals surface area (Å²) in [5.74, 6) is 0.383. The van der Waals surface area contributed by atoms with Gasteiger partial charge in [0.1, 0.15) is 10.6 Å². The van der Waals surface area contributed by atoms with Crippen molar-refractivity contribution in [3.05, 3.63) is 23.3 Å². The first-order chi connectivity index (χ1) is 8.31. The molecule has 18 heavy (non-hydrogen) atoms. The number of benzene rings is 1. The first-order valence-corrected chi connectivity index (χ1v) is 7.47. The van der Waals surface area contributed by atoms with E-state index in [1.807, 2.05) is 27.7 Å². The molecule has 1 aromatic rings. The molecular weight excluding hydrogens is 250 g/mol. The molecule has 4 nitrogen and oxygen atoms in total. The van der Waals surface area contributed by atoms with E-state index in [2.05, 4.69) is 4.72 Å². The summed E-state index contributed by atoms with van der Waals surface area (Å²) in [5, 5.41) is 0. The van der Waals surface area contributed by atoms with Gasteiger partial charge in [-0.05, 0) is 50.5 Å². The summed E-state index contributed by atoms with van der Waals surface area (Å²) >= 11 is 0. The van der Waals surface area contributed by atoms with Crippen LogP contribution in [0.1, 0.15) is 31.4 Å². The quantitative estimate of drug-likeness (QED) is 0.894. The molecule has 0 unspecified atom stereocenters. The van der Waals surface area contributed by atoms with Crippen molar-refractivity contribution in [1.29, 1.82) is 0 Å². The molecule has 102 valence electrons. The minimum absolute atomic E-state index is 0.0960. The molecule has 1 rings (SSSR count). The Kier molecular flexibility index (Phi) is 4.76. The van der Waals surface area contributed by atoms with E-state index in [0.29, 0.717) is 5.75 Å². The van der Waals surface area contributed by atoms with Crippen LogP contribution in [0.5, 0.6) is 5.75 Å². The van der Waals surface area contributed by atoms with Crippen molar-refractivity contribution in [2.75, 3.05) is 7.11 Å². The van der Waals surface area contributed by atoms with Gasteiger partial charge in [-0.15, -0.1) is 0 Å². The number of sulfonamides is 1. The highest BCUT2D eigenvalue weighted by Crippen LogP contribution is 2.27. The van der Waals surface area contributed by atoms with Gasteiger partial charge in [-0.1, -0.05) is 6.92 Å². The van der Waals surface area contributed by atoms with Crippen LogP contribution in [0.25, 0.3) is 0 Å². The number of hydrogen-bond donors (Lipinski definition) is 1. The van der Waals surface area contributed by atoms with Gasteiger partial charge in [-0.2, -0.15) is 0 Å². The van der Waals surface area contributed by atoms with Crippen molar-refractivity contribution >= 4 is 10.0 Å². The monoisotopic (exact) mass is 271 g/mol. The number of aryl methyl sites for hydroxylation is 2. The van der Waals surface area contributed by atoms with E-state index in [9.17, 15) is 8.42 Å². The molecule has 0 fully saturated rings. The van der Waals surface area contributed by atoms with E-state index >= 15 is 0 Å². The van der Waals surface area contributed by atoms with Crippen LogP contribution < -0.4 is 9.46 Å². The van der Waals surface area contributed by atoms with Crippen molar-refractivity contribution in [1.82, 2.24) is 4.72 Å². The zero-order chi connectivity index (χ0) is 13.9. The molecule has 0 aliphatic carbocycles. The van der Waals surface area contributed by atoms with Crippen molar-refractivity contribution in [2.24, 2.45) is 0 Å². The second kappa shape index (κ2) is 5.71. The molecule has 1 aromatic carbocycles. The summed E-state index contributed by atoms with van der Waals surface area (Å²) in [4.78, 5) is 0.202. The molecule has 0 heterocycles. The Balaban J connectivity index is 3.27. The SMILES string of the molecule is CC[C@@H](C)NS(=O)(=O)c1cc(C)c(C)cc1OC. The van der Waals surface area contributed by atoms with Crippen molar-refractivity contribution in [2.45, 2.75) is 45.1 Å². The van der Waals surface area contributed by atoms with Crippen LogP contribution in [0.3, 0.4) is 0 Å². The molecule has 0 spiro atoms. The van der Waals surface area contributed by atoms with Gasteiger partial charge in [0.2, 0.25) is 10.0 Å². The van der Waals surface area contributed by atoms with Gasteiger partial charge in [0.25, 0.3) is 0 Å². The first-order valence-electron chi connectivity index (χ1n) is 5.99. The Morgan fingerprint density at radius 2 is 1.83 bits per heavy atom. The van der Waals surface area contributed by atoms with Gasteiger partial charge in [-0.3, -0.25) is 0 Å². The summed E-state index contributed by atoms with van der Waals surface area (Å²) in [7, 11) is -2.05. The molecular formula is C13H21NO3S. The summed E-state index contributed by atoms with van der Waals surface area (Å²) in [5.41, 5.74) is 1.94.